The summed E-state index contributed by atoms with van der Waals surface area (Å²) in [6.07, 6.45) is 1.92. The van der Waals surface area contributed by atoms with Gasteiger partial charge in [-0.1, -0.05) is 13.8 Å². The molecule has 17 heavy (non-hydrogen) atoms. The Morgan fingerprint density at radius 2 is 2.41 bits per heavy atom. The van der Waals surface area contributed by atoms with Gasteiger partial charge in [-0.25, -0.2) is 0 Å². The van der Waals surface area contributed by atoms with Gasteiger partial charge in [0.1, 0.15) is 0 Å². The molecule has 1 N–H and O–H groups in total. The Balaban J connectivity index is 1.81. The lowest BCUT2D eigenvalue weighted by atomic mass is 10.2. The molecular formula is C13H20N2OS. The van der Waals surface area contributed by atoms with Gasteiger partial charge in [-0.3, -0.25) is 4.79 Å². The molecule has 1 aromatic rings. The molecule has 1 unspecified atom stereocenters. The number of rotatable bonds is 5. The summed E-state index contributed by atoms with van der Waals surface area (Å²) in [6, 6.07) is 2.55. The quantitative estimate of drug-likeness (QED) is 0.868. The molecule has 1 aliphatic rings. The lowest BCUT2D eigenvalue weighted by Gasteiger charge is -2.18. The van der Waals surface area contributed by atoms with E-state index in [1.54, 1.807) is 11.3 Å². The molecule has 1 aliphatic heterocycles. The van der Waals surface area contributed by atoms with Crippen molar-refractivity contribution in [2.24, 2.45) is 0 Å². The van der Waals surface area contributed by atoms with Crippen LogP contribution >= 0.6 is 11.3 Å². The summed E-state index contributed by atoms with van der Waals surface area (Å²) in [7, 11) is 0. The Morgan fingerprint density at radius 3 is 3.06 bits per heavy atom. The normalized spacial score (nSPS) is 20.5. The molecule has 0 bridgehead atoms. The van der Waals surface area contributed by atoms with E-state index in [0.717, 1.165) is 25.9 Å². The van der Waals surface area contributed by atoms with E-state index < -0.39 is 0 Å². The summed E-state index contributed by atoms with van der Waals surface area (Å²) in [5.74, 6) is 0.272. The van der Waals surface area contributed by atoms with Gasteiger partial charge in [-0.15, -0.1) is 0 Å². The van der Waals surface area contributed by atoms with Crippen molar-refractivity contribution < 1.29 is 4.79 Å². The number of nitrogens with zero attached hydrogens (tertiary/aromatic N) is 1. The van der Waals surface area contributed by atoms with Gasteiger partial charge in [-0.2, -0.15) is 11.3 Å². The third-order valence-electron chi connectivity index (χ3n) is 3.08. The van der Waals surface area contributed by atoms with Gasteiger partial charge in [0.25, 0.3) is 0 Å². The van der Waals surface area contributed by atoms with Gasteiger partial charge in [0.05, 0.1) is 6.04 Å². The summed E-state index contributed by atoms with van der Waals surface area (Å²) in [4.78, 5) is 14.1. The maximum Gasteiger partial charge on any atom is 0.239 e. The number of hydrogen-bond acceptors (Lipinski definition) is 3. The first-order valence-electron chi connectivity index (χ1n) is 6.22. The van der Waals surface area contributed by atoms with E-state index in [1.165, 1.54) is 5.56 Å². The van der Waals surface area contributed by atoms with Crippen molar-refractivity contribution in [1.29, 1.82) is 0 Å². The summed E-state index contributed by atoms with van der Waals surface area (Å²) in [5, 5.41) is 7.57. The molecule has 1 fully saturated rings. The van der Waals surface area contributed by atoms with Gasteiger partial charge in [-0.05, 0) is 35.2 Å². The van der Waals surface area contributed by atoms with Crippen molar-refractivity contribution in [2.75, 3.05) is 13.1 Å². The fraction of sp³-hybridized carbons (Fsp3) is 0.615. The smallest absolute Gasteiger partial charge is 0.239 e. The molecule has 2 heterocycles. The average molecular weight is 252 g/mol. The third-order valence-corrected chi connectivity index (χ3v) is 3.81. The second kappa shape index (κ2) is 5.65. The molecule has 1 aromatic heterocycles. The van der Waals surface area contributed by atoms with Gasteiger partial charge in [0.2, 0.25) is 5.91 Å². The van der Waals surface area contributed by atoms with E-state index in [1.807, 2.05) is 4.90 Å². The lowest BCUT2D eigenvalue weighted by Crippen LogP contribution is -2.41. The predicted octanol–water partition coefficient (Wildman–Crippen LogP) is 1.89. The number of nitrogens with one attached hydrogen (secondary N) is 1. The van der Waals surface area contributed by atoms with E-state index in [2.05, 4.69) is 36.0 Å². The molecule has 1 saturated heterocycles. The van der Waals surface area contributed by atoms with Crippen molar-refractivity contribution in [3.05, 3.63) is 22.4 Å². The number of carbonyl (C=O) groups excluding carboxylic acids is 1. The van der Waals surface area contributed by atoms with Crippen molar-refractivity contribution in [3.63, 3.8) is 0 Å². The van der Waals surface area contributed by atoms with E-state index in [0.29, 0.717) is 6.04 Å². The van der Waals surface area contributed by atoms with Gasteiger partial charge in [0, 0.05) is 19.1 Å². The number of amides is 1. The molecule has 0 aliphatic carbocycles. The van der Waals surface area contributed by atoms with Crippen LogP contribution < -0.4 is 5.32 Å². The molecule has 0 spiro atoms. The first-order valence-corrected chi connectivity index (χ1v) is 7.17. The minimum absolute atomic E-state index is 0.0393. The van der Waals surface area contributed by atoms with E-state index in [9.17, 15) is 4.79 Å². The van der Waals surface area contributed by atoms with Crippen LogP contribution in [-0.4, -0.2) is 36.0 Å². The monoisotopic (exact) mass is 252 g/mol. The van der Waals surface area contributed by atoms with Crippen LogP contribution in [-0.2, 0) is 11.2 Å². The van der Waals surface area contributed by atoms with Crippen LogP contribution in [0, 0.1) is 0 Å². The minimum atomic E-state index is 0.0393. The van der Waals surface area contributed by atoms with Crippen LogP contribution in [0.15, 0.2) is 16.8 Å². The Labute approximate surface area is 107 Å². The maximum absolute atomic E-state index is 12.1. The second-order valence-corrected chi connectivity index (χ2v) is 5.65. The molecule has 3 nitrogen and oxygen atoms in total. The summed E-state index contributed by atoms with van der Waals surface area (Å²) < 4.78 is 0. The average Bonchev–Trinajstić information content (AvgIpc) is 2.88. The summed E-state index contributed by atoms with van der Waals surface area (Å²) in [6.45, 7) is 5.92. The molecule has 2 rings (SSSR count). The summed E-state index contributed by atoms with van der Waals surface area (Å²) >= 11 is 1.72. The highest BCUT2D eigenvalue weighted by Crippen LogP contribution is 2.14. The summed E-state index contributed by atoms with van der Waals surface area (Å²) in [5.41, 5.74) is 1.34. The largest absolute Gasteiger partial charge is 0.341 e. The zero-order chi connectivity index (χ0) is 12.3. The Morgan fingerprint density at radius 1 is 1.59 bits per heavy atom. The zero-order valence-corrected chi connectivity index (χ0v) is 11.3. The molecule has 1 amide bonds. The first-order chi connectivity index (χ1) is 8.16. The highest BCUT2D eigenvalue weighted by Gasteiger charge is 2.31. The maximum atomic E-state index is 12.1. The zero-order valence-electron chi connectivity index (χ0n) is 10.5. The highest BCUT2D eigenvalue weighted by molar-refractivity contribution is 7.07. The van der Waals surface area contributed by atoms with Crippen LogP contribution in [0.1, 0.15) is 25.8 Å². The van der Waals surface area contributed by atoms with Gasteiger partial charge >= 0.3 is 0 Å². The fourth-order valence-corrected chi connectivity index (χ4v) is 2.92. The van der Waals surface area contributed by atoms with E-state index in [-0.39, 0.29) is 11.9 Å². The Hall–Kier alpha value is -0.870. The van der Waals surface area contributed by atoms with Gasteiger partial charge in [0.15, 0.2) is 0 Å². The van der Waals surface area contributed by atoms with E-state index in [4.69, 9.17) is 0 Å². The second-order valence-electron chi connectivity index (χ2n) is 4.87. The number of hydrogen-bond donors (Lipinski definition) is 1. The van der Waals surface area contributed by atoms with Crippen molar-refractivity contribution in [1.82, 2.24) is 10.2 Å². The molecule has 4 heteroatoms. The molecule has 0 radical (unpaired) electrons. The van der Waals surface area contributed by atoms with Crippen molar-refractivity contribution in [2.45, 2.75) is 38.8 Å². The Bertz CT molecular complexity index is 362. The molecule has 0 aromatic carbocycles. The molecule has 94 valence electrons. The van der Waals surface area contributed by atoms with Crippen LogP contribution in [0.2, 0.25) is 0 Å². The van der Waals surface area contributed by atoms with Crippen molar-refractivity contribution in [3.8, 4) is 0 Å². The highest BCUT2D eigenvalue weighted by atomic mass is 32.1. The van der Waals surface area contributed by atoms with Gasteiger partial charge < -0.3 is 10.2 Å². The van der Waals surface area contributed by atoms with Crippen LogP contribution in [0.3, 0.4) is 0 Å². The number of thiophene rings is 1. The standard InChI is InChI=1S/C13H20N2OS/c1-10(2)14-12-4-7-15(13(12)16)6-3-11-5-8-17-9-11/h5,8-10,12,14H,3-4,6-7H2,1-2H3. The third kappa shape index (κ3) is 3.30. The number of carbonyl (C=O) groups is 1. The first kappa shape index (κ1) is 12.6. The molecule has 0 saturated carbocycles. The topological polar surface area (TPSA) is 32.3 Å². The van der Waals surface area contributed by atoms with Crippen LogP contribution in [0.4, 0.5) is 0 Å². The SMILES string of the molecule is CC(C)NC1CCN(CCc2ccsc2)C1=O. The lowest BCUT2D eigenvalue weighted by molar-refractivity contribution is -0.129. The fourth-order valence-electron chi connectivity index (χ4n) is 2.22. The predicted molar refractivity (Wildman–Crippen MR) is 71.3 cm³/mol. The van der Waals surface area contributed by atoms with Crippen LogP contribution in [0.25, 0.3) is 0 Å². The van der Waals surface area contributed by atoms with E-state index >= 15 is 0 Å². The molecule has 1 atom stereocenters. The molecular weight excluding hydrogens is 232 g/mol. The Kier molecular flexibility index (Phi) is 4.18. The van der Waals surface area contributed by atoms with Crippen molar-refractivity contribution >= 4 is 17.2 Å². The van der Waals surface area contributed by atoms with Crippen LogP contribution in [0.5, 0.6) is 0 Å². The number of likely N-dealkylation sites (tertiary alicyclic amines) is 1. The minimum Gasteiger partial charge on any atom is -0.341 e.